The Kier molecular flexibility index (Phi) is 4.52. The highest BCUT2D eigenvalue weighted by molar-refractivity contribution is 5.87. The van der Waals surface area contributed by atoms with Gasteiger partial charge in [0.1, 0.15) is 0 Å². The van der Waals surface area contributed by atoms with Gasteiger partial charge in [-0.05, 0) is 11.1 Å². The standard InChI is InChI=1S/C19H19N3O/c1-22-14-15(13-21-22)12-20-19(23)18(16-8-4-2-5-9-16)17-10-6-3-7-11-17/h2-11,13-14,18H,12H2,1H3,(H,20,23). The van der Waals surface area contributed by atoms with Crippen LogP contribution in [0, 0.1) is 0 Å². The first-order valence-electron chi connectivity index (χ1n) is 7.59. The molecule has 0 fully saturated rings. The molecule has 4 heteroatoms. The summed E-state index contributed by atoms with van der Waals surface area (Å²) in [5.41, 5.74) is 2.96. The van der Waals surface area contributed by atoms with Gasteiger partial charge in [0.2, 0.25) is 5.91 Å². The van der Waals surface area contributed by atoms with Crippen LogP contribution in [0.15, 0.2) is 73.1 Å². The first kappa shape index (κ1) is 15.0. The van der Waals surface area contributed by atoms with Gasteiger partial charge in [-0.1, -0.05) is 60.7 Å². The summed E-state index contributed by atoms with van der Waals surface area (Å²) < 4.78 is 1.73. The van der Waals surface area contributed by atoms with Crippen molar-refractivity contribution in [3.05, 3.63) is 89.7 Å². The van der Waals surface area contributed by atoms with Gasteiger partial charge in [-0.3, -0.25) is 9.48 Å². The lowest BCUT2D eigenvalue weighted by Crippen LogP contribution is -2.29. The molecular formula is C19H19N3O. The summed E-state index contributed by atoms with van der Waals surface area (Å²) >= 11 is 0. The van der Waals surface area contributed by atoms with Crippen LogP contribution in [0.2, 0.25) is 0 Å². The van der Waals surface area contributed by atoms with E-state index in [1.807, 2.05) is 73.9 Å². The van der Waals surface area contributed by atoms with Crippen LogP contribution in [0.3, 0.4) is 0 Å². The molecule has 0 aliphatic carbocycles. The fourth-order valence-corrected chi connectivity index (χ4v) is 2.64. The van der Waals surface area contributed by atoms with Crippen molar-refractivity contribution < 1.29 is 4.79 Å². The smallest absolute Gasteiger partial charge is 0.232 e. The molecule has 0 saturated carbocycles. The maximum absolute atomic E-state index is 12.8. The minimum Gasteiger partial charge on any atom is -0.351 e. The summed E-state index contributed by atoms with van der Waals surface area (Å²) in [6, 6.07) is 19.7. The van der Waals surface area contributed by atoms with Crippen LogP contribution >= 0.6 is 0 Å². The summed E-state index contributed by atoms with van der Waals surface area (Å²) in [6.45, 7) is 0.475. The third kappa shape index (κ3) is 3.66. The van der Waals surface area contributed by atoms with Gasteiger partial charge in [0, 0.05) is 25.4 Å². The average molecular weight is 305 g/mol. The van der Waals surface area contributed by atoms with Gasteiger partial charge in [-0.25, -0.2) is 0 Å². The molecule has 0 radical (unpaired) electrons. The summed E-state index contributed by atoms with van der Waals surface area (Å²) in [4.78, 5) is 12.8. The molecule has 1 heterocycles. The number of benzene rings is 2. The number of hydrogen-bond donors (Lipinski definition) is 1. The van der Waals surface area contributed by atoms with Gasteiger partial charge in [-0.15, -0.1) is 0 Å². The van der Waals surface area contributed by atoms with Crippen molar-refractivity contribution in [2.45, 2.75) is 12.5 Å². The predicted octanol–water partition coefficient (Wildman–Crippen LogP) is 2.87. The third-order valence-corrected chi connectivity index (χ3v) is 3.75. The summed E-state index contributed by atoms with van der Waals surface area (Å²) in [5.74, 6) is -0.319. The molecule has 4 nitrogen and oxygen atoms in total. The predicted molar refractivity (Wildman–Crippen MR) is 89.8 cm³/mol. The zero-order valence-electron chi connectivity index (χ0n) is 13.0. The summed E-state index contributed by atoms with van der Waals surface area (Å²) in [6.07, 6.45) is 3.67. The van der Waals surface area contributed by atoms with E-state index >= 15 is 0 Å². The van der Waals surface area contributed by atoms with E-state index in [2.05, 4.69) is 10.4 Å². The van der Waals surface area contributed by atoms with E-state index < -0.39 is 0 Å². The van der Waals surface area contributed by atoms with E-state index in [9.17, 15) is 4.79 Å². The summed E-state index contributed by atoms with van der Waals surface area (Å²) in [7, 11) is 1.86. The van der Waals surface area contributed by atoms with Crippen LogP contribution in [0.1, 0.15) is 22.6 Å². The maximum atomic E-state index is 12.8. The summed E-state index contributed by atoms with van der Waals surface area (Å²) in [5, 5.41) is 7.14. The van der Waals surface area contributed by atoms with E-state index in [0.717, 1.165) is 16.7 Å². The van der Waals surface area contributed by atoms with Crippen LogP contribution in [0.5, 0.6) is 0 Å². The minimum atomic E-state index is -0.311. The molecule has 0 atom stereocenters. The molecule has 0 bridgehead atoms. The molecule has 3 rings (SSSR count). The minimum absolute atomic E-state index is 0.00810. The zero-order valence-corrected chi connectivity index (χ0v) is 13.0. The molecule has 0 unspecified atom stereocenters. The van der Waals surface area contributed by atoms with Gasteiger partial charge < -0.3 is 5.32 Å². The first-order valence-corrected chi connectivity index (χ1v) is 7.59. The zero-order chi connectivity index (χ0) is 16.1. The van der Waals surface area contributed by atoms with Crippen molar-refractivity contribution in [1.82, 2.24) is 15.1 Å². The topological polar surface area (TPSA) is 46.9 Å². The van der Waals surface area contributed by atoms with Gasteiger partial charge in [-0.2, -0.15) is 5.10 Å². The second kappa shape index (κ2) is 6.92. The third-order valence-electron chi connectivity index (χ3n) is 3.75. The number of rotatable bonds is 5. The van der Waals surface area contributed by atoms with Crippen molar-refractivity contribution in [3.63, 3.8) is 0 Å². The van der Waals surface area contributed by atoms with Crippen molar-refractivity contribution in [3.8, 4) is 0 Å². The number of nitrogens with one attached hydrogen (secondary N) is 1. The number of carbonyl (C=O) groups excluding carboxylic acids is 1. The quantitative estimate of drug-likeness (QED) is 0.788. The Bertz CT molecular complexity index is 726. The lowest BCUT2D eigenvalue weighted by atomic mass is 9.90. The molecule has 0 aliphatic rings. The van der Waals surface area contributed by atoms with E-state index in [4.69, 9.17) is 0 Å². The number of carbonyl (C=O) groups is 1. The lowest BCUT2D eigenvalue weighted by molar-refractivity contribution is -0.121. The van der Waals surface area contributed by atoms with E-state index in [1.54, 1.807) is 10.9 Å². The average Bonchev–Trinajstić information content (AvgIpc) is 3.01. The number of hydrogen-bond acceptors (Lipinski definition) is 2. The SMILES string of the molecule is Cn1cc(CNC(=O)C(c2ccccc2)c2ccccc2)cn1. The van der Waals surface area contributed by atoms with Gasteiger partial charge in [0.25, 0.3) is 0 Å². The van der Waals surface area contributed by atoms with Crippen LogP contribution in [0.4, 0.5) is 0 Å². The van der Waals surface area contributed by atoms with Crippen molar-refractivity contribution in [2.75, 3.05) is 0 Å². The molecule has 1 amide bonds. The highest BCUT2D eigenvalue weighted by Crippen LogP contribution is 2.24. The molecule has 3 aromatic rings. The number of aryl methyl sites for hydroxylation is 1. The molecule has 0 saturated heterocycles. The van der Waals surface area contributed by atoms with E-state index in [0.29, 0.717) is 6.54 Å². The van der Waals surface area contributed by atoms with Crippen molar-refractivity contribution in [1.29, 1.82) is 0 Å². The fourth-order valence-electron chi connectivity index (χ4n) is 2.64. The maximum Gasteiger partial charge on any atom is 0.232 e. The monoisotopic (exact) mass is 305 g/mol. The molecule has 1 N–H and O–H groups in total. The molecule has 1 aromatic heterocycles. The molecule has 0 aliphatic heterocycles. The fraction of sp³-hybridized carbons (Fsp3) is 0.158. The Hall–Kier alpha value is -2.88. The van der Waals surface area contributed by atoms with Gasteiger partial charge in [0.15, 0.2) is 0 Å². The Morgan fingerprint density at radius 3 is 2.09 bits per heavy atom. The number of aromatic nitrogens is 2. The second-order valence-electron chi connectivity index (χ2n) is 5.49. The number of amides is 1. The Morgan fingerprint density at radius 1 is 1.04 bits per heavy atom. The van der Waals surface area contributed by atoms with Crippen LogP contribution in [-0.4, -0.2) is 15.7 Å². The van der Waals surface area contributed by atoms with Crippen molar-refractivity contribution in [2.24, 2.45) is 7.05 Å². The second-order valence-corrected chi connectivity index (χ2v) is 5.49. The Balaban J connectivity index is 1.82. The van der Waals surface area contributed by atoms with Crippen LogP contribution < -0.4 is 5.32 Å². The molecule has 2 aromatic carbocycles. The molecule has 116 valence electrons. The van der Waals surface area contributed by atoms with Gasteiger partial charge in [0.05, 0.1) is 12.1 Å². The van der Waals surface area contributed by atoms with Crippen molar-refractivity contribution >= 4 is 5.91 Å². The Labute approximate surface area is 135 Å². The molecule has 23 heavy (non-hydrogen) atoms. The largest absolute Gasteiger partial charge is 0.351 e. The van der Waals surface area contributed by atoms with E-state index in [1.165, 1.54) is 0 Å². The lowest BCUT2D eigenvalue weighted by Gasteiger charge is -2.17. The molecular weight excluding hydrogens is 286 g/mol. The molecule has 0 spiro atoms. The first-order chi connectivity index (χ1) is 11.2. The highest BCUT2D eigenvalue weighted by atomic mass is 16.1. The highest BCUT2D eigenvalue weighted by Gasteiger charge is 2.22. The Morgan fingerprint density at radius 2 is 1.61 bits per heavy atom. The van der Waals surface area contributed by atoms with Crippen LogP contribution in [-0.2, 0) is 18.4 Å². The normalized spacial score (nSPS) is 10.7. The van der Waals surface area contributed by atoms with Gasteiger partial charge >= 0.3 is 0 Å². The number of nitrogens with zero attached hydrogens (tertiary/aromatic N) is 2. The van der Waals surface area contributed by atoms with E-state index in [-0.39, 0.29) is 11.8 Å². The van der Waals surface area contributed by atoms with Crippen LogP contribution in [0.25, 0.3) is 0 Å².